The molecule has 0 bridgehead atoms. The third-order valence-electron chi connectivity index (χ3n) is 3.20. The average molecular weight is 354 g/mol. The number of carbonyl (C=O) groups excluding carboxylic acids is 1. The van der Waals surface area contributed by atoms with E-state index in [2.05, 4.69) is 4.74 Å². The largest absolute Gasteiger partial charge is 0.573 e. The van der Waals surface area contributed by atoms with E-state index in [1.165, 1.54) is 24.3 Å². The summed E-state index contributed by atoms with van der Waals surface area (Å²) in [7, 11) is 0. The lowest BCUT2D eigenvalue weighted by molar-refractivity contribution is -0.274. The number of halogens is 3. The van der Waals surface area contributed by atoms with E-state index in [4.69, 9.17) is 9.47 Å². The van der Waals surface area contributed by atoms with E-state index in [1.807, 2.05) is 0 Å². The second-order valence-corrected chi connectivity index (χ2v) is 4.95. The summed E-state index contributed by atoms with van der Waals surface area (Å²) < 4.78 is 51.9. The molecule has 0 aliphatic heterocycles. The van der Waals surface area contributed by atoms with E-state index < -0.39 is 6.36 Å². The van der Waals surface area contributed by atoms with Gasteiger partial charge in [-0.2, -0.15) is 0 Å². The predicted molar refractivity (Wildman–Crippen MR) is 86.3 cm³/mol. The molecule has 0 N–H and O–H groups in total. The molecule has 0 aliphatic rings. The van der Waals surface area contributed by atoms with E-state index in [0.29, 0.717) is 47.7 Å². The summed E-state index contributed by atoms with van der Waals surface area (Å²) in [6, 6.07) is 8.50. The molecule has 4 nitrogen and oxygen atoms in total. The molecule has 0 unspecified atom stereocenters. The van der Waals surface area contributed by atoms with Crippen molar-refractivity contribution in [2.75, 3.05) is 13.2 Å². The minimum absolute atomic E-state index is 0.323. The molecule has 0 saturated carbocycles. The van der Waals surface area contributed by atoms with Gasteiger partial charge in [-0.3, -0.25) is 4.79 Å². The molecule has 2 rings (SSSR count). The van der Waals surface area contributed by atoms with Crippen LogP contribution in [-0.4, -0.2) is 25.9 Å². The first-order valence-electron chi connectivity index (χ1n) is 7.63. The fourth-order valence-electron chi connectivity index (χ4n) is 2.32. The van der Waals surface area contributed by atoms with Crippen LogP contribution in [0.15, 0.2) is 36.4 Å². The van der Waals surface area contributed by atoms with Crippen molar-refractivity contribution in [1.82, 2.24) is 0 Å². The maximum atomic E-state index is 12.3. The van der Waals surface area contributed by atoms with E-state index >= 15 is 0 Å². The zero-order chi connectivity index (χ0) is 18.4. The lowest BCUT2D eigenvalue weighted by Gasteiger charge is -2.17. The molecule has 0 spiro atoms. The highest BCUT2D eigenvalue weighted by Gasteiger charge is 2.31. The Hall–Kier alpha value is -2.70. The van der Waals surface area contributed by atoms with Crippen LogP contribution in [0.4, 0.5) is 13.2 Å². The molecule has 2 aromatic rings. The van der Waals surface area contributed by atoms with Gasteiger partial charge in [-0.1, -0.05) is 12.1 Å². The van der Waals surface area contributed by atoms with E-state index in [9.17, 15) is 18.0 Å². The number of ether oxygens (including phenoxy) is 3. The molecule has 25 heavy (non-hydrogen) atoms. The fourth-order valence-corrected chi connectivity index (χ4v) is 2.32. The zero-order valence-corrected chi connectivity index (χ0v) is 13.7. The highest BCUT2D eigenvalue weighted by atomic mass is 19.4. The first-order valence-corrected chi connectivity index (χ1v) is 7.63. The normalized spacial score (nSPS) is 11.1. The molecule has 0 heterocycles. The van der Waals surface area contributed by atoms with Gasteiger partial charge in [0.15, 0.2) is 0 Å². The van der Waals surface area contributed by atoms with Crippen molar-refractivity contribution < 1.29 is 32.2 Å². The topological polar surface area (TPSA) is 44.8 Å². The van der Waals surface area contributed by atoms with Gasteiger partial charge in [0.1, 0.15) is 23.5 Å². The first-order chi connectivity index (χ1) is 11.9. The van der Waals surface area contributed by atoms with Crippen molar-refractivity contribution in [2.24, 2.45) is 0 Å². The minimum Gasteiger partial charge on any atom is -0.493 e. The lowest BCUT2D eigenvalue weighted by Crippen LogP contribution is -2.16. The second-order valence-electron chi connectivity index (χ2n) is 4.95. The number of hydrogen-bond acceptors (Lipinski definition) is 4. The average Bonchev–Trinajstić information content (AvgIpc) is 2.55. The van der Waals surface area contributed by atoms with Gasteiger partial charge >= 0.3 is 6.36 Å². The standard InChI is InChI=1S/C18H17F3O4/c1-3-23-15-9-12(11-22)10-16(24-4-2)17(15)13-5-7-14(8-6-13)25-18(19,20)21/h5-11H,3-4H2,1-2H3. The summed E-state index contributed by atoms with van der Waals surface area (Å²) in [5, 5.41) is 0. The summed E-state index contributed by atoms with van der Waals surface area (Å²) in [6.07, 6.45) is -4.07. The van der Waals surface area contributed by atoms with Gasteiger partial charge in [0.2, 0.25) is 0 Å². The zero-order valence-electron chi connectivity index (χ0n) is 13.7. The van der Waals surface area contributed by atoms with Crippen LogP contribution in [0.2, 0.25) is 0 Å². The number of benzene rings is 2. The van der Waals surface area contributed by atoms with Crippen LogP contribution >= 0.6 is 0 Å². The van der Waals surface area contributed by atoms with Crippen molar-refractivity contribution in [1.29, 1.82) is 0 Å². The van der Waals surface area contributed by atoms with Crippen molar-refractivity contribution >= 4 is 6.29 Å². The van der Waals surface area contributed by atoms with E-state index in [-0.39, 0.29) is 5.75 Å². The van der Waals surface area contributed by atoms with Crippen LogP contribution in [0.3, 0.4) is 0 Å². The third-order valence-corrected chi connectivity index (χ3v) is 3.20. The molecule has 0 atom stereocenters. The summed E-state index contributed by atoms with van der Waals surface area (Å²) >= 11 is 0. The third kappa shape index (κ3) is 4.89. The van der Waals surface area contributed by atoms with Gasteiger partial charge in [-0.15, -0.1) is 13.2 Å². The molecule has 0 aliphatic carbocycles. The van der Waals surface area contributed by atoms with Gasteiger partial charge < -0.3 is 14.2 Å². The maximum absolute atomic E-state index is 12.3. The predicted octanol–water partition coefficient (Wildman–Crippen LogP) is 4.86. The van der Waals surface area contributed by atoms with Gasteiger partial charge in [-0.25, -0.2) is 0 Å². The molecule has 7 heteroatoms. The molecule has 134 valence electrons. The molecular formula is C18H17F3O4. The number of carbonyl (C=O) groups is 1. The molecule has 0 fully saturated rings. The number of rotatable bonds is 7. The van der Waals surface area contributed by atoms with Crippen LogP contribution < -0.4 is 14.2 Å². The minimum atomic E-state index is -4.75. The van der Waals surface area contributed by atoms with Crippen molar-refractivity contribution in [2.45, 2.75) is 20.2 Å². The van der Waals surface area contributed by atoms with Crippen LogP contribution in [0.25, 0.3) is 11.1 Å². The summed E-state index contributed by atoms with van der Waals surface area (Å²) in [6.45, 7) is 4.29. The smallest absolute Gasteiger partial charge is 0.493 e. The summed E-state index contributed by atoms with van der Waals surface area (Å²) in [5.41, 5.74) is 1.53. The Labute approximate surface area is 143 Å². The fraction of sp³-hybridized carbons (Fsp3) is 0.278. The highest BCUT2D eigenvalue weighted by Crippen LogP contribution is 2.40. The summed E-state index contributed by atoms with van der Waals surface area (Å²) in [5.74, 6) is 0.511. The maximum Gasteiger partial charge on any atom is 0.573 e. The quantitative estimate of drug-likeness (QED) is 0.666. The van der Waals surface area contributed by atoms with E-state index in [1.54, 1.807) is 26.0 Å². The van der Waals surface area contributed by atoms with Crippen molar-refractivity contribution in [3.8, 4) is 28.4 Å². The molecule has 2 aromatic carbocycles. The van der Waals surface area contributed by atoms with Crippen LogP contribution in [0.1, 0.15) is 24.2 Å². The monoisotopic (exact) mass is 354 g/mol. The number of hydrogen-bond donors (Lipinski definition) is 0. The Morgan fingerprint density at radius 3 is 1.88 bits per heavy atom. The Bertz CT molecular complexity index is 697. The Balaban J connectivity index is 2.50. The Kier molecular flexibility index (Phi) is 5.90. The molecule has 0 saturated heterocycles. The van der Waals surface area contributed by atoms with Crippen LogP contribution in [0, 0.1) is 0 Å². The van der Waals surface area contributed by atoms with Gasteiger partial charge in [0, 0.05) is 5.56 Å². The van der Waals surface area contributed by atoms with Gasteiger partial charge in [0.25, 0.3) is 0 Å². The Morgan fingerprint density at radius 2 is 1.48 bits per heavy atom. The molecule has 0 radical (unpaired) electrons. The van der Waals surface area contributed by atoms with E-state index in [0.717, 1.165) is 0 Å². The number of alkyl halides is 3. The van der Waals surface area contributed by atoms with Crippen molar-refractivity contribution in [3.63, 3.8) is 0 Å². The number of aldehydes is 1. The van der Waals surface area contributed by atoms with Crippen LogP contribution in [-0.2, 0) is 0 Å². The first kappa shape index (κ1) is 18.6. The molecular weight excluding hydrogens is 337 g/mol. The SMILES string of the molecule is CCOc1cc(C=O)cc(OCC)c1-c1ccc(OC(F)(F)F)cc1. The lowest BCUT2D eigenvalue weighted by atomic mass is 10.0. The molecule has 0 aromatic heterocycles. The van der Waals surface area contributed by atoms with Gasteiger partial charge in [-0.05, 0) is 43.7 Å². The molecule has 0 amide bonds. The van der Waals surface area contributed by atoms with Crippen LogP contribution in [0.5, 0.6) is 17.2 Å². The van der Waals surface area contributed by atoms with Gasteiger partial charge in [0.05, 0.1) is 18.8 Å². The van der Waals surface area contributed by atoms with Crippen molar-refractivity contribution in [3.05, 3.63) is 42.0 Å². The Morgan fingerprint density at radius 1 is 0.960 bits per heavy atom. The second kappa shape index (κ2) is 7.92. The highest BCUT2D eigenvalue weighted by molar-refractivity contribution is 5.84. The summed E-state index contributed by atoms with van der Waals surface area (Å²) in [4.78, 5) is 11.1.